The number of nitrogens with one attached hydrogen (secondary N) is 1. The summed E-state index contributed by atoms with van der Waals surface area (Å²) in [5.41, 5.74) is 10.7. The molecule has 1 aliphatic rings. The van der Waals surface area contributed by atoms with Crippen molar-refractivity contribution in [1.29, 1.82) is 5.41 Å². The van der Waals surface area contributed by atoms with Gasteiger partial charge in [-0.3, -0.25) is 5.41 Å². The second-order valence-electron chi connectivity index (χ2n) is 8.49. The number of quaternary nitrogens is 1. The zero-order chi connectivity index (χ0) is 22.6. The average Bonchev–Trinajstić information content (AvgIpc) is 2.80. The van der Waals surface area contributed by atoms with Gasteiger partial charge in [0.1, 0.15) is 18.9 Å². The van der Waals surface area contributed by atoms with Crippen molar-refractivity contribution in [3.63, 3.8) is 0 Å². The number of nitrogens with two attached hydrogens (primary N) is 1. The lowest BCUT2D eigenvalue weighted by Gasteiger charge is -2.45. The molecule has 0 atom stereocenters. The Morgan fingerprint density at radius 1 is 0.906 bits per heavy atom. The lowest BCUT2D eigenvalue weighted by atomic mass is 10.0. The van der Waals surface area contributed by atoms with Crippen molar-refractivity contribution in [3.05, 3.63) is 90.0 Å². The van der Waals surface area contributed by atoms with Gasteiger partial charge in [-0.05, 0) is 23.3 Å². The topological polar surface area (TPSA) is 93.2 Å². The molecule has 4 rings (SSSR count). The number of nitrogen functional groups attached to an aromatic ring is 1. The molecule has 0 amide bonds. The van der Waals surface area contributed by atoms with Gasteiger partial charge in [0.05, 0.1) is 32.1 Å². The number of hydrogen-bond acceptors (Lipinski definition) is 4. The van der Waals surface area contributed by atoms with Crippen LogP contribution in [-0.4, -0.2) is 49.0 Å². The zero-order valence-corrected chi connectivity index (χ0v) is 18.0. The standard InChI is InChI=1S/C26H28N4O2/c27-26(28)23-8-6-21(7-9-23)22-10-12-24(13-11-22)29-14-16-30(17-15-29,19-25(31)32)18-20-4-2-1-3-5-20/h1-13H,14-19H2,(H3-,27,28,31,32). The van der Waals surface area contributed by atoms with Crippen molar-refractivity contribution < 1.29 is 14.4 Å². The summed E-state index contributed by atoms with van der Waals surface area (Å²) in [7, 11) is 0. The number of aliphatic carboxylic acids is 1. The van der Waals surface area contributed by atoms with E-state index in [1.54, 1.807) is 0 Å². The van der Waals surface area contributed by atoms with Gasteiger partial charge in [-0.2, -0.15) is 0 Å². The number of carboxylic acid groups (broad SMARTS) is 1. The third kappa shape index (κ3) is 4.98. The molecule has 1 fully saturated rings. The Kier molecular flexibility index (Phi) is 6.23. The monoisotopic (exact) mass is 428 g/mol. The summed E-state index contributed by atoms with van der Waals surface area (Å²) < 4.78 is 0.517. The quantitative estimate of drug-likeness (QED) is 0.343. The summed E-state index contributed by atoms with van der Waals surface area (Å²) >= 11 is 0. The molecule has 1 aliphatic heterocycles. The van der Waals surface area contributed by atoms with E-state index < -0.39 is 5.97 Å². The Morgan fingerprint density at radius 2 is 1.47 bits per heavy atom. The number of piperazine rings is 1. The second kappa shape index (κ2) is 9.24. The van der Waals surface area contributed by atoms with Gasteiger partial charge in [-0.15, -0.1) is 0 Å². The molecule has 6 nitrogen and oxygen atoms in total. The SMILES string of the molecule is N=C(N)c1ccc(-c2ccc(N3CC[N+](CC(=O)[O-])(Cc4ccccc4)CC3)cc2)cc1. The molecular weight excluding hydrogens is 400 g/mol. The van der Waals surface area contributed by atoms with Gasteiger partial charge in [0.2, 0.25) is 0 Å². The molecule has 0 spiro atoms. The highest BCUT2D eigenvalue weighted by molar-refractivity contribution is 5.95. The van der Waals surface area contributed by atoms with Gasteiger partial charge >= 0.3 is 0 Å². The number of amidine groups is 1. The van der Waals surface area contributed by atoms with E-state index in [-0.39, 0.29) is 12.4 Å². The van der Waals surface area contributed by atoms with Gasteiger partial charge in [-0.25, -0.2) is 0 Å². The molecule has 0 radical (unpaired) electrons. The maximum atomic E-state index is 11.5. The number of hydrogen-bond donors (Lipinski definition) is 2. The maximum absolute atomic E-state index is 11.5. The first-order chi connectivity index (χ1) is 15.4. The van der Waals surface area contributed by atoms with Crippen LogP contribution in [0, 0.1) is 5.41 Å². The fourth-order valence-electron chi connectivity index (χ4n) is 4.47. The highest BCUT2D eigenvalue weighted by Crippen LogP contribution is 2.26. The largest absolute Gasteiger partial charge is 0.544 e. The number of nitrogens with zero attached hydrogens (tertiary/aromatic N) is 2. The fraction of sp³-hybridized carbons (Fsp3) is 0.231. The summed E-state index contributed by atoms with van der Waals surface area (Å²) in [6.45, 7) is 3.86. The summed E-state index contributed by atoms with van der Waals surface area (Å²) in [4.78, 5) is 13.8. The summed E-state index contributed by atoms with van der Waals surface area (Å²) in [6.07, 6.45) is 0. The van der Waals surface area contributed by atoms with Crippen LogP contribution in [-0.2, 0) is 11.3 Å². The van der Waals surface area contributed by atoms with E-state index in [9.17, 15) is 9.90 Å². The molecule has 0 saturated carbocycles. The van der Waals surface area contributed by atoms with Crippen LogP contribution >= 0.6 is 0 Å². The van der Waals surface area contributed by atoms with Gasteiger partial charge in [0.25, 0.3) is 0 Å². The van der Waals surface area contributed by atoms with E-state index in [0.717, 1.165) is 48.6 Å². The predicted octanol–water partition coefficient (Wildman–Crippen LogP) is 2.22. The van der Waals surface area contributed by atoms with Gasteiger partial charge in [-0.1, -0.05) is 66.7 Å². The van der Waals surface area contributed by atoms with Crippen molar-refractivity contribution in [1.82, 2.24) is 0 Å². The van der Waals surface area contributed by atoms with Gasteiger partial charge in [0.15, 0.2) is 0 Å². The molecule has 3 aromatic rings. The fourth-order valence-corrected chi connectivity index (χ4v) is 4.47. The zero-order valence-electron chi connectivity index (χ0n) is 18.0. The number of carboxylic acids is 1. The van der Waals surface area contributed by atoms with E-state index in [0.29, 0.717) is 16.6 Å². The lowest BCUT2D eigenvalue weighted by Crippen LogP contribution is -2.62. The molecule has 32 heavy (non-hydrogen) atoms. The van der Waals surface area contributed by atoms with Crippen LogP contribution in [0.5, 0.6) is 0 Å². The number of anilines is 1. The Bertz CT molecular complexity index is 1070. The minimum absolute atomic E-state index is 0.0396. The summed E-state index contributed by atoms with van der Waals surface area (Å²) in [5.74, 6) is -0.924. The highest BCUT2D eigenvalue weighted by Gasteiger charge is 2.33. The van der Waals surface area contributed by atoms with Crippen LogP contribution in [0.4, 0.5) is 5.69 Å². The molecule has 0 unspecified atom stereocenters. The van der Waals surface area contributed by atoms with Gasteiger partial charge < -0.3 is 25.0 Å². The van der Waals surface area contributed by atoms with Crippen LogP contribution < -0.4 is 15.7 Å². The molecule has 0 aliphatic carbocycles. The Hall–Kier alpha value is -3.64. The molecule has 1 saturated heterocycles. The molecule has 164 valence electrons. The average molecular weight is 429 g/mol. The lowest BCUT2D eigenvalue weighted by molar-refractivity contribution is -0.936. The highest BCUT2D eigenvalue weighted by atomic mass is 16.4. The maximum Gasteiger partial charge on any atom is 0.122 e. The summed E-state index contributed by atoms with van der Waals surface area (Å²) in [5, 5.41) is 19.0. The molecule has 0 bridgehead atoms. The second-order valence-corrected chi connectivity index (χ2v) is 8.49. The van der Waals surface area contributed by atoms with Crippen LogP contribution in [0.3, 0.4) is 0 Å². The van der Waals surface area contributed by atoms with Gasteiger partial charge in [0, 0.05) is 16.8 Å². The van der Waals surface area contributed by atoms with E-state index in [1.165, 1.54) is 0 Å². The normalized spacial score (nSPS) is 15.3. The first-order valence-corrected chi connectivity index (χ1v) is 10.8. The first kappa shape index (κ1) is 21.6. The van der Waals surface area contributed by atoms with Crippen LogP contribution in [0.15, 0.2) is 78.9 Å². The van der Waals surface area contributed by atoms with Crippen molar-refractivity contribution >= 4 is 17.5 Å². The van der Waals surface area contributed by atoms with Crippen LogP contribution in [0.2, 0.25) is 0 Å². The summed E-state index contributed by atoms with van der Waals surface area (Å²) in [6, 6.07) is 26.2. The predicted molar refractivity (Wildman–Crippen MR) is 125 cm³/mol. The third-order valence-corrected chi connectivity index (χ3v) is 6.28. The van der Waals surface area contributed by atoms with E-state index in [4.69, 9.17) is 11.1 Å². The Balaban J connectivity index is 1.44. The van der Waals surface area contributed by atoms with Crippen molar-refractivity contribution in [2.45, 2.75) is 6.54 Å². The number of rotatable bonds is 7. The van der Waals surface area contributed by atoms with Crippen molar-refractivity contribution in [3.8, 4) is 11.1 Å². The van der Waals surface area contributed by atoms with Crippen molar-refractivity contribution in [2.24, 2.45) is 5.73 Å². The first-order valence-electron chi connectivity index (χ1n) is 10.8. The molecule has 0 aromatic heterocycles. The Labute approximate surface area is 188 Å². The minimum atomic E-state index is -0.991. The molecule has 3 N–H and O–H groups in total. The van der Waals surface area contributed by atoms with Crippen LogP contribution in [0.25, 0.3) is 11.1 Å². The molecule has 6 heteroatoms. The molecule has 3 aromatic carbocycles. The smallest absolute Gasteiger partial charge is 0.122 e. The molecule has 1 heterocycles. The van der Waals surface area contributed by atoms with Crippen molar-refractivity contribution in [2.75, 3.05) is 37.6 Å². The number of carbonyl (C=O) groups excluding carboxylic acids is 1. The minimum Gasteiger partial charge on any atom is -0.544 e. The number of carbonyl (C=O) groups is 1. The number of benzene rings is 3. The Morgan fingerprint density at radius 3 is 2.00 bits per heavy atom. The third-order valence-electron chi connectivity index (χ3n) is 6.28. The van der Waals surface area contributed by atoms with E-state index in [2.05, 4.69) is 41.3 Å². The van der Waals surface area contributed by atoms with E-state index >= 15 is 0 Å². The molecular formula is C26H28N4O2. The van der Waals surface area contributed by atoms with E-state index in [1.807, 2.05) is 42.5 Å². The van der Waals surface area contributed by atoms with Crippen LogP contribution in [0.1, 0.15) is 11.1 Å².